The lowest BCUT2D eigenvalue weighted by Crippen LogP contribution is -2.23. The summed E-state index contributed by atoms with van der Waals surface area (Å²) in [4.78, 5) is 18.6. The van der Waals surface area contributed by atoms with Crippen molar-refractivity contribution in [2.24, 2.45) is 0 Å². The summed E-state index contributed by atoms with van der Waals surface area (Å²) in [5.41, 5.74) is -0.484. The maximum Gasteiger partial charge on any atom is 0.262 e. The average molecular weight is 324 g/mol. The summed E-state index contributed by atoms with van der Waals surface area (Å²) in [6.07, 6.45) is 1.23. The fraction of sp³-hybridized carbons (Fsp3) is 0.154. The molecule has 22 heavy (non-hydrogen) atoms. The fourth-order valence-corrected chi connectivity index (χ4v) is 2.70. The molecule has 1 aromatic carbocycles. The summed E-state index contributed by atoms with van der Waals surface area (Å²) >= 11 is 0. The van der Waals surface area contributed by atoms with Crippen LogP contribution in [0.2, 0.25) is 0 Å². The smallest absolute Gasteiger partial charge is 0.262 e. The van der Waals surface area contributed by atoms with Crippen molar-refractivity contribution in [3.8, 4) is 5.69 Å². The van der Waals surface area contributed by atoms with E-state index in [2.05, 4.69) is 15.1 Å². The van der Waals surface area contributed by atoms with Crippen molar-refractivity contribution >= 4 is 23.7 Å². The van der Waals surface area contributed by atoms with Crippen LogP contribution >= 0.6 is 7.14 Å². The van der Waals surface area contributed by atoms with Crippen molar-refractivity contribution in [3.63, 3.8) is 0 Å². The highest BCUT2D eigenvalue weighted by Gasteiger charge is 2.19. The number of aromatic amines is 1. The average Bonchev–Trinajstić information content (AvgIpc) is 2.82. The van der Waals surface area contributed by atoms with Crippen molar-refractivity contribution in [2.75, 3.05) is 13.3 Å². The first-order valence-corrected chi connectivity index (χ1v) is 8.86. The van der Waals surface area contributed by atoms with E-state index in [-0.39, 0.29) is 22.3 Å². The van der Waals surface area contributed by atoms with Gasteiger partial charge >= 0.3 is 0 Å². The molecule has 0 aliphatic carbocycles. The van der Waals surface area contributed by atoms with Crippen molar-refractivity contribution in [1.29, 1.82) is 0 Å². The van der Waals surface area contributed by atoms with Gasteiger partial charge in [0.05, 0.1) is 6.20 Å². The van der Waals surface area contributed by atoms with Crippen LogP contribution in [-0.2, 0) is 4.57 Å². The van der Waals surface area contributed by atoms with Gasteiger partial charge in [-0.1, -0.05) is 0 Å². The number of H-pyrrole nitrogens is 1. The highest BCUT2D eigenvalue weighted by atomic mass is 31.2. The third-order valence-electron chi connectivity index (χ3n) is 3.07. The molecule has 0 fully saturated rings. The number of benzene rings is 1. The van der Waals surface area contributed by atoms with Gasteiger partial charge < -0.3 is 9.55 Å². The lowest BCUT2D eigenvalue weighted by molar-refractivity contribution is 0.574. The maximum atomic E-state index is 13.9. The van der Waals surface area contributed by atoms with Crippen LogP contribution in [-0.4, -0.2) is 33.1 Å². The van der Waals surface area contributed by atoms with Crippen molar-refractivity contribution in [3.05, 3.63) is 46.4 Å². The molecule has 0 saturated heterocycles. The molecule has 0 aliphatic rings. The van der Waals surface area contributed by atoms with Crippen LogP contribution in [0.3, 0.4) is 0 Å². The van der Waals surface area contributed by atoms with Gasteiger partial charge in [-0.25, -0.2) is 18.4 Å². The SMILES string of the molecule is CP(C)(=O)c1nc2c(cnn2-c2ccc(F)cc2F)c(=O)[nH]1. The molecule has 2 heterocycles. The highest BCUT2D eigenvalue weighted by molar-refractivity contribution is 7.69. The second-order valence-electron chi connectivity index (χ2n) is 5.13. The molecule has 1 N–H and O–H groups in total. The number of halogens is 2. The minimum Gasteiger partial charge on any atom is -0.316 e. The Labute approximate surface area is 123 Å². The second kappa shape index (κ2) is 4.84. The van der Waals surface area contributed by atoms with Crippen LogP contribution in [0.4, 0.5) is 8.78 Å². The molecule has 0 spiro atoms. The van der Waals surface area contributed by atoms with E-state index < -0.39 is 24.3 Å². The molecule has 0 bridgehead atoms. The maximum absolute atomic E-state index is 13.9. The van der Waals surface area contributed by atoms with E-state index in [4.69, 9.17) is 0 Å². The standard InChI is InChI=1S/C13H11F2N4O2P/c1-22(2,21)13-17-11-8(12(20)18-13)6-16-19(11)10-4-3-7(14)5-9(10)15/h3-6H,1-2H3,(H,17,18,20). The van der Waals surface area contributed by atoms with Gasteiger partial charge in [-0.2, -0.15) is 5.10 Å². The molecule has 0 aliphatic heterocycles. The molecule has 0 saturated carbocycles. The molecule has 9 heteroatoms. The van der Waals surface area contributed by atoms with Crippen LogP contribution < -0.4 is 11.1 Å². The third kappa shape index (κ3) is 2.35. The molecule has 0 atom stereocenters. The van der Waals surface area contributed by atoms with Gasteiger partial charge in [-0.3, -0.25) is 4.79 Å². The summed E-state index contributed by atoms with van der Waals surface area (Å²) < 4.78 is 40.1. The molecule has 6 nitrogen and oxygen atoms in total. The van der Waals surface area contributed by atoms with Crippen LogP contribution in [0.15, 0.2) is 29.2 Å². The Kier molecular flexibility index (Phi) is 3.21. The topological polar surface area (TPSA) is 80.6 Å². The second-order valence-corrected chi connectivity index (χ2v) is 8.26. The van der Waals surface area contributed by atoms with E-state index in [1.807, 2.05) is 0 Å². The quantitative estimate of drug-likeness (QED) is 0.727. The van der Waals surface area contributed by atoms with E-state index >= 15 is 0 Å². The fourth-order valence-electron chi connectivity index (χ4n) is 1.99. The minimum absolute atomic E-state index is 0.0225. The molecular formula is C13H11F2N4O2P. The summed E-state index contributed by atoms with van der Waals surface area (Å²) in [7, 11) is -2.82. The zero-order chi connectivity index (χ0) is 16.1. The van der Waals surface area contributed by atoms with Crippen LogP contribution in [0.5, 0.6) is 0 Å². The minimum atomic E-state index is -2.82. The van der Waals surface area contributed by atoms with Gasteiger partial charge in [0.15, 0.2) is 17.0 Å². The first-order valence-electron chi connectivity index (χ1n) is 6.26. The van der Waals surface area contributed by atoms with E-state index in [0.717, 1.165) is 10.7 Å². The van der Waals surface area contributed by atoms with Crippen molar-refractivity contribution in [1.82, 2.24) is 19.7 Å². The summed E-state index contributed by atoms with van der Waals surface area (Å²) in [6.45, 7) is 2.91. The molecule has 114 valence electrons. The van der Waals surface area contributed by atoms with E-state index in [0.29, 0.717) is 6.07 Å². The van der Waals surface area contributed by atoms with Gasteiger partial charge in [-0.05, 0) is 25.5 Å². The summed E-state index contributed by atoms with van der Waals surface area (Å²) in [5, 5.41) is 4.05. The molecular weight excluding hydrogens is 313 g/mol. The molecule has 0 radical (unpaired) electrons. The Morgan fingerprint density at radius 1 is 1.27 bits per heavy atom. The molecule has 3 aromatic rings. The highest BCUT2D eigenvalue weighted by Crippen LogP contribution is 2.32. The van der Waals surface area contributed by atoms with E-state index in [9.17, 15) is 18.1 Å². The van der Waals surface area contributed by atoms with Crippen LogP contribution in [0.25, 0.3) is 16.7 Å². The number of aromatic nitrogens is 4. The van der Waals surface area contributed by atoms with Crippen molar-refractivity contribution < 1.29 is 13.3 Å². The Morgan fingerprint density at radius 2 is 2.00 bits per heavy atom. The Bertz CT molecular complexity index is 989. The number of nitrogens with zero attached hydrogens (tertiary/aromatic N) is 3. The number of hydrogen-bond acceptors (Lipinski definition) is 4. The normalized spacial score (nSPS) is 12.0. The van der Waals surface area contributed by atoms with E-state index in [1.54, 1.807) is 0 Å². The van der Waals surface area contributed by atoms with Gasteiger partial charge in [-0.15, -0.1) is 0 Å². The number of fused-ring (bicyclic) bond motifs is 1. The monoisotopic (exact) mass is 324 g/mol. The Morgan fingerprint density at radius 3 is 2.64 bits per heavy atom. The summed E-state index contributed by atoms with van der Waals surface area (Å²) in [5.74, 6) is -1.57. The predicted molar refractivity (Wildman–Crippen MR) is 78.5 cm³/mol. The molecule has 3 rings (SSSR count). The first-order chi connectivity index (χ1) is 10.3. The first kappa shape index (κ1) is 14.6. The van der Waals surface area contributed by atoms with Gasteiger partial charge in [0.2, 0.25) is 0 Å². The molecule has 2 aromatic heterocycles. The molecule has 0 amide bonds. The summed E-state index contributed by atoms with van der Waals surface area (Å²) in [6, 6.07) is 2.98. The van der Waals surface area contributed by atoms with Gasteiger partial charge in [0, 0.05) is 6.07 Å². The molecule has 0 unspecified atom stereocenters. The zero-order valence-corrected chi connectivity index (χ0v) is 12.6. The van der Waals surface area contributed by atoms with Gasteiger partial charge in [0.1, 0.15) is 24.0 Å². The predicted octanol–water partition coefficient (Wildman–Crippen LogP) is 1.63. The Balaban J connectivity index is 2.34. The lowest BCUT2D eigenvalue weighted by atomic mass is 10.3. The Hall–Kier alpha value is -2.34. The number of rotatable bonds is 2. The number of hydrogen-bond donors (Lipinski definition) is 1. The van der Waals surface area contributed by atoms with E-state index in [1.165, 1.54) is 25.6 Å². The number of nitrogens with one attached hydrogen (secondary N) is 1. The van der Waals surface area contributed by atoms with Gasteiger partial charge in [0.25, 0.3) is 5.56 Å². The van der Waals surface area contributed by atoms with Crippen LogP contribution in [0, 0.1) is 11.6 Å². The lowest BCUT2D eigenvalue weighted by Gasteiger charge is -2.07. The third-order valence-corrected chi connectivity index (χ3v) is 4.31. The van der Waals surface area contributed by atoms with Crippen LogP contribution in [0.1, 0.15) is 0 Å². The largest absolute Gasteiger partial charge is 0.316 e. The zero-order valence-electron chi connectivity index (χ0n) is 11.7. The van der Waals surface area contributed by atoms with Crippen molar-refractivity contribution in [2.45, 2.75) is 0 Å².